The number of aryl methyl sites for hydroxylation is 1. The van der Waals surface area contributed by atoms with Gasteiger partial charge in [-0.1, -0.05) is 36.9 Å². The first-order valence-electron chi connectivity index (χ1n) is 7.45. The molecule has 0 spiro atoms. The highest BCUT2D eigenvalue weighted by Gasteiger charge is 2.08. The maximum Gasteiger partial charge on any atom is 0.255 e. The number of carbonyl (C=O) groups excluding carboxylic acids is 1. The summed E-state index contributed by atoms with van der Waals surface area (Å²) in [6.07, 6.45) is 4.53. The van der Waals surface area contributed by atoms with Gasteiger partial charge in [0.15, 0.2) is 11.4 Å². The Kier molecular flexibility index (Phi) is 6.41. The number of nitriles is 1. The number of nitrogens with zero attached hydrogens (tertiary/aromatic N) is 2. The topological polar surface area (TPSA) is 77.3 Å². The zero-order chi connectivity index (χ0) is 17.4. The fourth-order valence-corrected chi connectivity index (χ4v) is 2.47. The van der Waals surface area contributed by atoms with Crippen LogP contribution in [0.5, 0.6) is 0 Å². The Morgan fingerprint density at radius 1 is 1.21 bits per heavy atom. The number of nitrogens with one attached hydrogen (secondary N) is 2. The number of benzene rings is 2. The van der Waals surface area contributed by atoms with Gasteiger partial charge in [-0.05, 0) is 48.6 Å². The molecule has 0 fully saturated rings. The largest absolute Gasteiger partial charge is 0.322 e. The number of carbonyl (C=O) groups is 1. The van der Waals surface area contributed by atoms with Crippen LogP contribution in [0.3, 0.4) is 0 Å². The van der Waals surface area contributed by atoms with Crippen LogP contribution >= 0.6 is 11.8 Å². The van der Waals surface area contributed by atoms with Crippen molar-refractivity contribution in [2.75, 3.05) is 11.6 Å². The minimum atomic E-state index is -0.160. The van der Waals surface area contributed by atoms with Crippen molar-refractivity contribution < 1.29 is 4.79 Å². The second-order valence-corrected chi connectivity index (χ2v) is 5.66. The summed E-state index contributed by atoms with van der Waals surface area (Å²) < 4.78 is 0. The van der Waals surface area contributed by atoms with Crippen LogP contribution in [0.2, 0.25) is 0 Å². The average Bonchev–Trinajstić information content (AvgIpc) is 2.62. The second-order valence-electron chi connectivity index (χ2n) is 4.87. The van der Waals surface area contributed by atoms with Crippen LogP contribution < -0.4 is 10.6 Å². The van der Waals surface area contributed by atoms with E-state index in [0.29, 0.717) is 16.4 Å². The van der Waals surface area contributed by atoms with Crippen molar-refractivity contribution in [2.45, 2.75) is 13.3 Å². The number of amides is 1. The van der Waals surface area contributed by atoms with Crippen LogP contribution in [0.15, 0.2) is 53.5 Å². The van der Waals surface area contributed by atoms with Gasteiger partial charge in [-0.15, -0.1) is 0 Å². The molecule has 0 saturated carbocycles. The van der Waals surface area contributed by atoms with E-state index in [1.165, 1.54) is 11.8 Å². The van der Waals surface area contributed by atoms with Gasteiger partial charge in [-0.25, -0.2) is 4.99 Å². The molecule has 0 aliphatic rings. The van der Waals surface area contributed by atoms with Crippen LogP contribution in [0.4, 0.5) is 11.4 Å². The van der Waals surface area contributed by atoms with Crippen LogP contribution in [-0.2, 0) is 6.42 Å². The molecule has 0 heterocycles. The van der Waals surface area contributed by atoms with E-state index < -0.39 is 0 Å². The number of amidine groups is 1. The molecule has 2 rings (SSSR count). The monoisotopic (exact) mass is 338 g/mol. The molecule has 0 aliphatic heterocycles. The molecular weight excluding hydrogens is 320 g/mol. The molecule has 6 heteroatoms. The minimum absolute atomic E-state index is 0.160. The summed E-state index contributed by atoms with van der Waals surface area (Å²) >= 11 is 1.34. The Hall–Kier alpha value is -2.78. The van der Waals surface area contributed by atoms with E-state index in [1.54, 1.807) is 24.3 Å². The lowest BCUT2D eigenvalue weighted by Gasteiger charge is -2.09. The van der Waals surface area contributed by atoms with Gasteiger partial charge in [-0.3, -0.25) is 10.1 Å². The molecule has 0 bridgehead atoms. The fourth-order valence-electron chi connectivity index (χ4n) is 2.12. The van der Waals surface area contributed by atoms with Crippen molar-refractivity contribution in [3.8, 4) is 6.19 Å². The molecule has 1 amide bonds. The van der Waals surface area contributed by atoms with Crippen molar-refractivity contribution in [1.82, 2.24) is 5.32 Å². The van der Waals surface area contributed by atoms with Gasteiger partial charge in [0.1, 0.15) is 0 Å². The van der Waals surface area contributed by atoms with Gasteiger partial charge in [0, 0.05) is 11.3 Å². The molecule has 0 aromatic heterocycles. The predicted molar refractivity (Wildman–Crippen MR) is 99.6 cm³/mol. The van der Waals surface area contributed by atoms with Gasteiger partial charge in [0.2, 0.25) is 0 Å². The van der Waals surface area contributed by atoms with E-state index in [9.17, 15) is 4.79 Å². The summed E-state index contributed by atoms with van der Waals surface area (Å²) in [4.78, 5) is 16.7. The second kappa shape index (κ2) is 8.75. The van der Waals surface area contributed by atoms with Crippen LogP contribution in [0.25, 0.3) is 0 Å². The third kappa shape index (κ3) is 4.61. The first kappa shape index (κ1) is 17.6. The Balaban J connectivity index is 2.13. The number of anilines is 1. The molecule has 2 aromatic carbocycles. The van der Waals surface area contributed by atoms with Crippen LogP contribution in [0.1, 0.15) is 22.8 Å². The molecule has 0 saturated heterocycles. The van der Waals surface area contributed by atoms with Gasteiger partial charge in [0.25, 0.3) is 5.91 Å². The zero-order valence-corrected chi connectivity index (χ0v) is 14.4. The first-order valence-corrected chi connectivity index (χ1v) is 8.67. The van der Waals surface area contributed by atoms with E-state index in [2.05, 4.69) is 22.5 Å². The molecule has 5 nitrogen and oxygen atoms in total. The summed E-state index contributed by atoms with van der Waals surface area (Å²) in [7, 11) is 0. The summed E-state index contributed by atoms with van der Waals surface area (Å²) in [5, 5.41) is 14.6. The van der Waals surface area contributed by atoms with Gasteiger partial charge in [0.05, 0.1) is 5.69 Å². The molecule has 0 radical (unpaired) electrons. The third-order valence-corrected chi connectivity index (χ3v) is 3.94. The summed E-state index contributed by atoms with van der Waals surface area (Å²) in [6.45, 7) is 2.05. The number of hydrogen-bond acceptors (Lipinski definition) is 4. The summed E-state index contributed by atoms with van der Waals surface area (Å²) in [5.74, 6) is -0.160. The lowest BCUT2D eigenvalue weighted by atomic mass is 10.1. The smallest absolute Gasteiger partial charge is 0.255 e. The Labute approximate surface area is 145 Å². The first-order chi connectivity index (χ1) is 11.7. The zero-order valence-electron chi connectivity index (χ0n) is 13.5. The number of para-hydroxylation sites is 1. The Bertz CT molecular complexity index is 778. The molecule has 0 aliphatic carbocycles. The Morgan fingerprint density at radius 3 is 2.54 bits per heavy atom. The highest BCUT2D eigenvalue weighted by atomic mass is 32.2. The Morgan fingerprint density at radius 2 is 1.92 bits per heavy atom. The van der Waals surface area contributed by atoms with Crippen molar-refractivity contribution in [3.05, 3.63) is 59.7 Å². The van der Waals surface area contributed by atoms with Crippen LogP contribution in [0, 0.1) is 11.5 Å². The van der Waals surface area contributed by atoms with E-state index in [1.807, 2.05) is 36.7 Å². The van der Waals surface area contributed by atoms with Crippen molar-refractivity contribution >= 4 is 34.2 Å². The molecule has 2 aromatic rings. The normalized spacial score (nSPS) is 10.8. The molecule has 0 unspecified atom stereocenters. The highest BCUT2D eigenvalue weighted by molar-refractivity contribution is 8.13. The number of rotatable bonds is 4. The molecular formula is C18H18N4OS. The van der Waals surface area contributed by atoms with Gasteiger partial charge in [-0.2, -0.15) is 5.26 Å². The SMILES string of the molecule is CCc1ccccc1NC(=O)c1ccc(N=C(NC#N)SC)cc1. The third-order valence-electron chi connectivity index (χ3n) is 3.36. The summed E-state index contributed by atoms with van der Waals surface area (Å²) in [6, 6.07) is 14.7. The quantitative estimate of drug-likeness (QED) is 0.383. The summed E-state index contributed by atoms with van der Waals surface area (Å²) in [5.41, 5.74) is 3.15. The van der Waals surface area contributed by atoms with Crippen LogP contribution in [-0.4, -0.2) is 17.3 Å². The van der Waals surface area contributed by atoms with Crippen molar-refractivity contribution in [2.24, 2.45) is 4.99 Å². The lowest BCUT2D eigenvalue weighted by molar-refractivity contribution is 0.102. The van der Waals surface area contributed by atoms with Gasteiger partial charge >= 0.3 is 0 Å². The van der Waals surface area contributed by atoms with Crippen molar-refractivity contribution in [1.29, 1.82) is 5.26 Å². The van der Waals surface area contributed by atoms with Crippen molar-refractivity contribution in [3.63, 3.8) is 0 Å². The molecule has 122 valence electrons. The fraction of sp³-hybridized carbons (Fsp3) is 0.167. The maximum absolute atomic E-state index is 12.4. The van der Waals surface area contributed by atoms with E-state index >= 15 is 0 Å². The maximum atomic E-state index is 12.4. The van der Waals surface area contributed by atoms with E-state index in [4.69, 9.17) is 5.26 Å². The highest BCUT2D eigenvalue weighted by Crippen LogP contribution is 2.19. The van der Waals surface area contributed by atoms with E-state index in [-0.39, 0.29) is 5.91 Å². The number of hydrogen-bond donors (Lipinski definition) is 2. The lowest BCUT2D eigenvalue weighted by Crippen LogP contribution is -2.13. The standard InChI is InChI=1S/C18H18N4OS/c1-3-13-6-4-5-7-16(13)22-17(23)14-8-10-15(11-9-14)21-18(24-2)20-12-19/h4-11H,3H2,1-2H3,(H,20,21)(H,22,23). The number of thioether (sulfide) groups is 1. The van der Waals surface area contributed by atoms with E-state index in [0.717, 1.165) is 17.7 Å². The number of aliphatic imine (C=N–C) groups is 1. The predicted octanol–water partition coefficient (Wildman–Crippen LogP) is 3.92. The van der Waals surface area contributed by atoms with Gasteiger partial charge < -0.3 is 5.32 Å². The molecule has 24 heavy (non-hydrogen) atoms. The average molecular weight is 338 g/mol. The molecule has 2 N–H and O–H groups in total. The molecule has 0 atom stereocenters. The minimum Gasteiger partial charge on any atom is -0.322 e.